The van der Waals surface area contributed by atoms with Gasteiger partial charge in [0.1, 0.15) is 11.0 Å². The first-order valence-corrected chi connectivity index (χ1v) is 11.4. The van der Waals surface area contributed by atoms with E-state index in [2.05, 4.69) is 9.93 Å². The van der Waals surface area contributed by atoms with Gasteiger partial charge in [-0.15, -0.1) is 0 Å². The van der Waals surface area contributed by atoms with Crippen LogP contribution in [0.2, 0.25) is 5.15 Å². The number of halogens is 2. The summed E-state index contributed by atoms with van der Waals surface area (Å²) in [6, 6.07) is 18.7. The maximum absolute atomic E-state index is 14.2. The van der Waals surface area contributed by atoms with Crippen LogP contribution in [-0.4, -0.2) is 25.1 Å². The van der Waals surface area contributed by atoms with Crippen LogP contribution in [0.5, 0.6) is 0 Å². The molecule has 0 saturated carbocycles. The number of sulfonamides is 1. The fourth-order valence-electron chi connectivity index (χ4n) is 3.24. The zero-order chi connectivity index (χ0) is 22.9. The highest BCUT2D eigenvalue weighted by Gasteiger charge is 2.22. The Balaban J connectivity index is 1.73. The van der Waals surface area contributed by atoms with Gasteiger partial charge < -0.3 is 0 Å². The van der Waals surface area contributed by atoms with Crippen LogP contribution in [0, 0.1) is 12.7 Å². The van der Waals surface area contributed by atoms with Crippen molar-refractivity contribution in [3.05, 3.63) is 100 Å². The molecule has 9 heteroatoms. The van der Waals surface area contributed by atoms with E-state index in [0.29, 0.717) is 16.5 Å². The highest BCUT2D eigenvalue weighted by Crippen LogP contribution is 2.30. The van der Waals surface area contributed by atoms with Crippen molar-refractivity contribution < 1.29 is 17.6 Å². The van der Waals surface area contributed by atoms with Crippen LogP contribution in [0.3, 0.4) is 0 Å². The Hall–Kier alpha value is -3.49. The molecule has 3 aromatic carbocycles. The highest BCUT2D eigenvalue weighted by molar-refractivity contribution is 7.89. The number of carbonyl (C=O) groups excluding carboxylic acids is 1. The Morgan fingerprint density at radius 2 is 1.69 bits per heavy atom. The molecule has 0 atom stereocenters. The lowest BCUT2D eigenvalue weighted by molar-refractivity contribution is 0.0961. The average molecular weight is 470 g/mol. The molecule has 6 nitrogen and oxygen atoms in total. The van der Waals surface area contributed by atoms with Crippen molar-refractivity contribution in [3.63, 3.8) is 0 Å². The number of para-hydroxylation sites is 1. The van der Waals surface area contributed by atoms with Gasteiger partial charge >= 0.3 is 0 Å². The summed E-state index contributed by atoms with van der Waals surface area (Å²) in [6.45, 7) is 1.85. The summed E-state index contributed by atoms with van der Waals surface area (Å²) in [5.41, 5.74) is 1.54. The van der Waals surface area contributed by atoms with Crippen molar-refractivity contribution in [2.24, 2.45) is 5.10 Å². The number of hydrogen-bond acceptors (Lipinski definition) is 4. The van der Waals surface area contributed by atoms with Gasteiger partial charge in [0.05, 0.1) is 22.2 Å². The molecular weight excluding hydrogens is 453 g/mol. The fourth-order valence-corrected chi connectivity index (χ4v) is 4.35. The van der Waals surface area contributed by atoms with Gasteiger partial charge in [-0.2, -0.15) is 13.5 Å². The van der Waals surface area contributed by atoms with Crippen molar-refractivity contribution in [1.82, 2.24) is 9.40 Å². The zero-order valence-electron chi connectivity index (χ0n) is 16.8. The van der Waals surface area contributed by atoms with Crippen molar-refractivity contribution in [2.45, 2.75) is 11.8 Å². The molecule has 0 bridgehead atoms. The lowest BCUT2D eigenvalue weighted by Crippen LogP contribution is -2.18. The van der Waals surface area contributed by atoms with Crippen LogP contribution in [0.1, 0.15) is 21.5 Å². The second-order valence-electron chi connectivity index (χ2n) is 7.01. The monoisotopic (exact) mass is 469 g/mol. The molecule has 0 saturated heterocycles. The predicted octanol–water partition coefficient (Wildman–Crippen LogP) is 4.74. The smallest absolute Gasteiger partial charge is 0.268 e. The second kappa shape index (κ2) is 8.57. The summed E-state index contributed by atoms with van der Waals surface area (Å²) in [5.74, 6) is -1.32. The number of hydrogen-bond donors (Lipinski definition) is 1. The van der Waals surface area contributed by atoms with Crippen molar-refractivity contribution in [2.75, 3.05) is 0 Å². The molecule has 0 aliphatic heterocycles. The first-order valence-electron chi connectivity index (χ1n) is 9.49. The Morgan fingerprint density at radius 3 is 2.41 bits per heavy atom. The number of hydrazone groups is 1. The predicted molar refractivity (Wildman–Crippen MR) is 122 cm³/mol. The molecule has 0 amide bonds. The number of fused-ring (bicyclic) bond motifs is 1. The summed E-state index contributed by atoms with van der Waals surface area (Å²) >= 11 is 6.48. The molecule has 1 heterocycles. The molecule has 4 aromatic rings. The van der Waals surface area contributed by atoms with Gasteiger partial charge in [0.15, 0.2) is 0 Å². The Kier molecular flexibility index (Phi) is 5.82. The van der Waals surface area contributed by atoms with Crippen LogP contribution in [0.15, 0.2) is 82.8 Å². The molecule has 4 rings (SSSR count). The van der Waals surface area contributed by atoms with Crippen LogP contribution in [-0.2, 0) is 10.0 Å². The Bertz CT molecular complexity index is 1460. The lowest BCUT2D eigenvalue weighted by Gasteiger charge is -2.06. The fraction of sp³-hybridized carbons (Fsp3) is 0.0435. The normalized spacial score (nSPS) is 11.8. The minimum absolute atomic E-state index is 0.0160. The van der Waals surface area contributed by atoms with Gasteiger partial charge in [-0.25, -0.2) is 9.22 Å². The van der Waals surface area contributed by atoms with Crippen LogP contribution < -0.4 is 4.83 Å². The van der Waals surface area contributed by atoms with Crippen LogP contribution >= 0.6 is 11.6 Å². The zero-order valence-corrected chi connectivity index (χ0v) is 18.4. The largest absolute Gasteiger partial charge is 0.276 e. The Labute approximate surface area is 189 Å². The number of aromatic nitrogens is 1. The molecule has 32 heavy (non-hydrogen) atoms. The summed E-state index contributed by atoms with van der Waals surface area (Å²) in [6.07, 6.45) is 1.22. The van der Waals surface area contributed by atoms with Gasteiger partial charge in [-0.3, -0.25) is 9.36 Å². The van der Waals surface area contributed by atoms with Crippen LogP contribution in [0.25, 0.3) is 10.9 Å². The summed E-state index contributed by atoms with van der Waals surface area (Å²) in [4.78, 5) is 15.2. The van der Waals surface area contributed by atoms with Gasteiger partial charge in [-0.05, 0) is 37.3 Å². The molecule has 162 valence electrons. The van der Waals surface area contributed by atoms with Crippen molar-refractivity contribution in [3.8, 4) is 0 Å². The molecular formula is C23H17ClFN3O3S. The van der Waals surface area contributed by atoms with Crippen LogP contribution in [0.4, 0.5) is 4.39 Å². The molecule has 0 aliphatic carbocycles. The van der Waals surface area contributed by atoms with E-state index in [1.807, 2.05) is 6.92 Å². The summed E-state index contributed by atoms with van der Waals surface area (Å²) < 4.78 is 40.3. The van der Waals surface area contributed by atoms with Crippen molar-refractivity contribution in [1.29, 1.82) is 0 Å². The van der Waals surface area contributed by atoms with Gasteiger partial charge in [0.2, 0.25) is 0 Å². The number of aryl methyl sites for hydroxylation is 1. The minimum Gasteiger partial charge on any atom is -0.268 e. The molecule has 1 N–H and O–H groups in total. The molecule has 0 spiro atoms. The first-order chi connectivity index (χ1) is 15.3. The number of nitrogens with one attached hydrogen (secondary N) is 1. The third kappa shape index (κ3) is 4.02. The van der Waals surface area contributed by atoms with E-state index in [1.165, 1.54) is 41.1 Å². The second-order valence-corrected chi connectivity index (χ2v) is 9.03. The number of carbonyl (C=O) groups is 1. The van der Waals surface area contributed by atoms with E-state index in [0.717, 1.165) is 5.56 Å². The molecule has 0 aliphatic rings. The van der Waals surface area contributed by atoms with E-state index < -0.39 is 21.7 Å². The topological polar surface area (TPSA) is 80.5 Å². The maximum atomic E-state index is 14.2. The van der Waals surface area contributed by atoms with E-state index in [-0.39, 0.29) is 15.6 Å². The summed E-state index contributed by atoms with van der Waals surface area (Å²) in [7, 11) is -3.89. The third-order valence-corrected chi connectivity index (χ3v) is 6.47. The SMILES string of the molecule is Cc1ccc(S(=O)(=O)N/N=C/c2c(Cl)n(C(=O)c3ccccc3F)c3ccccc23)cc1. The number of rotatable bonds is 5. The average Bonchev–Trinajstić information content (AvgIpc) is 3.05. The van der Waals surface area contributed by atoms with Crippen molar-refractivity contribution >= 4 is 44.6 Å². The lowest BCUT2D eigenvalue weighted by atomic mass is 10.2. The number of nitrogens with zero attached hydrogens (tertiary/aromatic N) is 2. The molecule has 0 radical (unpaired) electrons. The molecule has 0 fully saturated rings. The summed E-state index contributed by atoms with van der Waals surface area (Å²) in [5, 5.41) is 4.38. The molecule has 0 unspecified atom stereocenters. The quantitative estimate of drug-likeness (QED) is 0.338. The highest BCUT2D eigenvalue weighted by atomic mass is 35.5. The molecule has 1 aromatic heterocycles. The van der Waals surface area contributed by atoms with E-state index >= 15 is 0 Å². The standard InChI is InChI=1S/C23H17ClFN3O3S/c1-15-10-12-16(13-11-15)32(30,31)27-26-14-19-17-6-3-5-9-21(17)28(22(19)24)23(29)18-7-2-4-8-20(18)25/h2-14,27H,1H3/b26-14+. The minimum atomic E-state index is -3.89. The van der Waals surface area contributed by atoms with E-state index in [1.54, 1.807) is 42.5 Å². The maximum Gasteiger partial charge on any atom is 0.276 e. The van der Waals surface area contributed by atoms with E-state index in [9.17, 15) is 17.6 Å². The van der Waals surface area contributed by atoms with Gasteiger partial charge in [0, 0.05) is 10.9 Å². The Morgan fingerprint density at radius 1 is 1.03 bits per heavy atom. The third-order valence-electron chi connectivity index (χ3n) is 4.86. The van der Waals surface area contributed by atoms with Gasteiger partial charge in [-0.1, -0.05) is 59.6 Å². The number of benzene rings is 3. The van der Waals surface area contributed by atoms with Gasteiger partial charge in [0.25, 0.3) is 15.9 Å². The first kappa shape index (κ1) is 21.7. The van der Waals surface area contributed by atoms with E-state index in [4.69, 9.17) is 11.6 Å².